The number of ether oxygens (including phenoxy) is 2. The highest BCUT2D eigenvalue weighted by Gasteiger charge is 2.21. The predicted molar refractivity (Wildman–Crippen MR) is 69.3 cm³/mol. The number of fused-ring (bicyclic) bond motifs is 1. The second-order valence-corrected chi connectivity index (χ2v) is 3.76. The first kappa shape index (κ1) is 13.0. The highest BCUT2D eigenvalue weighted by molar-refractivity contribution is 6.43. The molecule has 0 aliphatic heterocycles. The molecule has 0 atom stereocenters. The van der Waals surface area contributed by atoms with Gasteiger partial charge in [-0.25, -0.2) is 4.79 Å². The van der Waals surface area contributed by atoms with Crippen LogP contribution in [0.2, 0.25) is 0 Å². The molecule has 5 heteroatoms. The molecule has 0 bridgehead atoms. The summed E-state index contributed by atoms with van der Waals surface area (Å²) in [6.07, 6.45) is 1.60. The molecular formula is C14H13NO4. The number of pyridine rings is 1. The van der Waals surface area contributed by atoms with E-state index in [4.69, 9.17) is 9.47 Å². The van der Waals surface area contributed by atoms with Gasteiger partial charge in [-0.1, -0.05) is 6.07 Å². The SMILES string of the molecule is CCOC(=O)C(=O)c1ccc(OC)c2ncccc12. The van der Waals surface area contributed by atoms with Crippen LogP contribution in [0.5, 0.6) is 5.75 Å². The van der Waals surface area contributed by atoms with Crippen molar-refractivity contribution in [3.63, 3.8) is 0 Å². The molecule has 2 rings (SSSR count). The third-order valence-electron chi connectivity index (χ3n) is 2.66. The fourth-order valence-corrected chi connectivity index (χ4v) is 1.82. The number of carbonyl (C=O) groups is 2. The topological polar surface area (TPSA) is 65.5 Å². The van der Waals surface area contributed by atoms with E-state index in [1.165, 1.54) is 7.11 Å². The Morgan fingerprint density at radius 3 is 2.74 bits per heavy atom. The van der Waals surface area contributed by atoms with Crippen LogP contribution in [0, 0.1) is 0 Å². The normalized spacial score (nSPS) is 10.2. The van der Waals surface area contributed by atoms with Gasteiger partial charge in [-0.05, 0) is 25.1 Å². The summed E-state index contributed by atoms with van der Waals surface area (Å²) in [6, 6.07) is 6.57. The molecule has 2 aromatic rings. The quantitative estimate of drug-likeness (QED) is 0.477. The van der Waals surface area contributed by atoms with Gasteiger partial charge in [0.05, 0.1) is 13.7 Å². The Morgan fingerprint density at radius 2 is 2.05 bits per heavy atom. The Morgan fingerprint density at radius 1 is 1.26 bits per heavy atom. The zero-order valence-corrected chi connectivity index (χ0v) is 10.7. The summed E-state index contributed by atoms with van der Waals surface area (Å²) in [5.74, 6) is -0.990. The molecule has 0 radical (unpaired) electrons. The van der Waals surface area contributed by atoms with Crippen LogP contribution < -0.4 is 4.74 Å². The number of aromatic nitrogens is 1. The lowest BCUT2D eigenvalue weighted by atomic mass is 10.0. The van der Waals surface area contributed by atoms with Crippen molar-refractivity contribution in [2.45, 2.75) is 6.92 Å². The van der Waals surface area contributed by atoms with Gasteiger partial charge in [0.2, 0.25) is 0 Å². The average Bonchev–Trinajstić information content (AvgIpc) is 2.45. The molecule has 1 aromatic carbocycles. The number of methoxy groups -OCH3 is 1. The Bertz CT molecular complexity index is 636. The van der Waals surface area contributed by atoms with E-state index in [-0.39, 0.29) is 12.2 Å². The molecule has 5 nitrogen and oxygen atoms in total. The summed E-state index contributed by atoms with van der Waals surface area (Å²) in [4.78, 5) is 27.7. The van der Waals surface area contributed by atoms with Gasteiger partial charge in [0.25, 0.3) is 5.78 Å². The van der Waals surface area contributed by atoms with Crippen LogP contribution in [-0.2, 0) is 9.53 Å². The lowest BCUT2D eigenvalue weighted by Crippen LogP contribution is -2.17. The molecule has 0 spiro atoms. The number of rotatable bonds is 4. The van der Waals surface area contributed by atoms with Crippen molar-refractivity contribution in [2.24, 2.45) is 0 Å². The summed E-state index contributed by atoms with van der Waals surface area (Å²) in [5, 5.41) is 0.569. The van der Waals surface area contributed by atoms with Crippen molar-refractivity contribution in [3.8, 4) is 5.75 Å². The summed E-state index contributed by atoms with van der Waals surface area (Å²) in [6.45, 7) is 1.82. The number of Topliss-reactive ketones (excluding diaryl/α,β-unsaturated/α-hetero) is 1. The molecule has 19 heavy (non-hydrogen) atoms. The second kappa shape index (κ2) is 5.48. The molecule has 0 fully saturated rings. The first-order valence-electron chi connectivity index (χ1n) is 5.82. The zero-order valence-electron chi connectivity index (χ0n) is 10.7. The summed E-state index contributed by atoms with van der Waals surface area (Å²) >= 11 is 0. The van der Waals surface area contributed by atoms with Gasteiger partial charge in [-0.15, -0.1) is 0 Å². The molecule has 0 aliphatic carbocycles. The maximum absolute atomic E-state index is 12.0. The Labute approximate surface area is 110 Å². The number of carbonyl (C=O) groups excluding carboxylic acids is 2. The third kappa shape index (κ3) is 2.40. The van der Waals surface area contributed by atoms with Crippen LogP contribution in [0.25, 0.3) is 10.9 Å². The first-order chi connectivity index (χ1) is 9.19. The maximum atomic E-state index is 12.0. The fourth-order valence-electron chi connectivity index (χ4n) is 1.82. The van der Waals surface area contributed by atoms with E-state index in [9.17, 15) is 9.59 Å². The molecule has 0 amide bonds. The van der Waals surface area contributed by atoms with E-state index in [0.29, 0.717) is 16.7 Å². The van der Waals surface area contributed by atoms with Crippen LogP contribution in [0.4, 0.5) is 0 Å². The number of hydrogen-bond donors (Lipinski definition) is 0. The lowest BCUT2D eigenvalue weighted by molar-refractivity contribution is -0.137. The largest absolute Gasteiger partial charge is 0.494 e. The van der Waals surface area contributed by atoms with Crippen molar-refractivity contribution >= 4 is 22.7 Å². The van der Waals surface area contributed by atoms with E-state index >= 15 is 0 Å². The Balaban J connectivity index is 2.56. The number of esters is 1. The standard InChI is InChI=1S/C14H13NO4/c1-3-19-14(17)13(16)10-6-7-11(18-2)12-9(10)5-4-8-15-12/h4-8H,3H2,1-2H3. The summed E-state index contributed by atoms with van der Waals surface area (Å²) in [7, 11) is 1.52. The van der Waals surface area contributed by atoms with Crippen LogP contribution in [0.1, 0.15) is 17.3 Å². The van der Waals surface area contributed by atoms with Gasteiger partial charge in [-0.2, -0.15) is 0 Å². The first-order valence-corrected chi connectivity index (χ1v) is 5.82. The molecule has 0 unspecified atom stereocenters. The van der Waals surface area contributed by atoms with Crippen molar-refractivity contribution < 1.29 is 19.1 Å². The molecule has 0 aliphatic rings. The van der Waals surface area contributed by atoms with Gasteiger partial charge in [0, 0.05) is 17.1 Å². The van der Waals surface area contributed by atoms with Gasteiger partial charge < -0.3 is 9.47 Å². The molecule has 1 aromatic heterocycles. The maximum Gasteiger partial charge on any atom is 0.379 e. The zero-order chi connectivity index (χ0) is 13.8. The van der Waals surface area contributed by atoms with Crippen molar-refractivity contribution in [1.29, 1.82) is 0 Å². The number of benzene rings is 1. The van der Waals surface area contributed by atoms with E-state index in [1.54, 1.807) is 37.4 Å². The van der Waals surface area contributed by atoms with Crippen LogP contribution in [0.15, 0.2) is 30.5 Å². The van der Waals surface area contributed by atoms with Crippen molar-refractivity contribution in [1.82, 2.24) is 4.98 Å². The van der Waals surface area contributed by atoms with Gasteiger partial charge >= 0.3 is 5.97 Å². The van der Waals surface area contributed by atoms with E-state index in [0.717, 1.165) is 0 Å². The Hall–Kier alpha value is -2.43. The monoisotopic (exact) mass is 259 g/mol. The molecule has 0 N–H and O–H groups in total. The fraction of sp³-hybridized carbons (Fsp3) is 0.214. The highest BCUT2D eigenvalue weighted by Crippen LogP contribution is 2.26. The Kier molecular flexibility index (Phi) is 3.75. The average molecular weight is 259 g/mol. The molecular weight excluding hydrogens is 246 g/mol. The summed E-state index contributed by atoms with van der Waals surface area (Å²) in [5.41, 5.74) is 0.808. The van der Waals surface area contributed by atoms with Gasteiger partial charge in [-0.3, -0.25) is 9.78 Å². The second-order valence-electron chi connectivity index (χ2n) is 3.76. The van der Waals surface area contributed by atoms with Gasteiger partial charge in [0.15, 0.2) is 0 Å². The highest BCUT2D eigenvalue weighted by atomic mass is 16.5. The molecule has 0 saturated carbocycles. The number of hydrogen-bond acceptors (Lipinski definition) is 5. The van der Waals surface area contributed by atoms with Crippen LogP contribution in [-0.4, -0.2) is 30.5 Å². The van der Waals surface area contributed by atoms with Gasteiger partial charge in [0.1, 0.15) is 11.3 Å². The van der Waals surface area contributed by atoms with E-state index in [1.807, 2.05) is 0 Å². The van der Waals surface area contributed by atoms with Crippen molar-refractivity contribution in [3.05, 3.63) is 36.0 Å². The molecule has 98 valence electrons. The smallest absolute Gasteiger partial charge is 0.379 e. The van der Waals surface area contributed by atoms with E-state index in [2.05, 4.69) is 4.98 Å². The van der Waals surface area contributed by atoms with Crippen molar-refractivity contribution in [2.75, 3.05) is 13.7 Å². The summed E-state index contributed by atoms with van der Waals surface area (Å²) < 4.78 is 9.90. The minimum absolute atomic E-state index is 0.164. The minimum atomic E-state index is -0.863. The predicted octanol–water partition coefficient (Wildman–Crippen LogP) is 1.99. The minimum Gasteiger partial charge on any atom is -0.494 e. The molecule has 0 saturated heterocycles. The van der Waals surface area contributed by atoms with Crippen LogP contribution in [0.3, 0.4) is 0 Å². The van der Waals surface area contributed by atoms with Crippen LogP contribution >= 0.6 is 0 Å². The number of nitrogens with zero attached hydrogens (tertiary/aromatic N) is 1. The number of ketones is 1. The molecule has 1 heterocycles. The van der Waals surface area contributed by atoms with E-state index < -0.39 is 11.8 Å². The third-order valence-corrected chi connectivity index (χ3v) is 2.66. The lowest BCUT2D eigenvalue weighted by Gasteiger charge is -2.08.